The molecule has 0 aliphatic heterocycles. The van der Waals surface area contributed by atoms with E-state index in [1.54, 1.807) is 7.05 Å². The zero-order valence-electron chi connectivity index (χ0n) is 8.45. The van der Waals surface area contributed by atoms with Gasteiger partial charge in [0.25, 0.3) is 0 Å². The molecule has 14 heavy (non-hydrogen) atoms. The van der Waals surface area contributed by atoms with Gasteiger partial charge in [-0.1, -0.05) is 12.1 Å². The van der Waals surface area contributed by atoms with Gasteiger partial charge in [-0.3, -0.25) is 4.99 Å². The van der Waals surface area contributed by atoms with Crippen molar-refractivity contribution in [1.29, 1.82) is 0 Å². The van der Waals surface area contributed by atoms with E-state index >= 15 is 0 Å². The molecule has 0 radical (unpaired) electrons. The van der Waals surface area contributed by atoms with Crippen LogP contribution in [0.15, 0.2) is 29.3 Å². The van der Waals surface area contributed by atoms with Crippen LogP contribution in [-0.2, 0) is 0 Å². The first-order valence-corrected chi connectivity index (χ1v) is 4.49. The van der Waals surface area contributed by atoms with E-state index in [9.17, 15) is 0 Å². The van der Waals surface area contributed by atoms with Crippen LogP contribution in [-0.4, -0.2) is 19.5 Å². The molecule has 0 bridgehead atoms. The van der Waals surface area contributed by atoms with Crippen LogP contribution in [0, 0.1) is 0 Å². The van der Waals surface area contributed by atoms with Crippen LogP contribution >= 0.6 is 0 Å². The number of rotatable bonds is 3. The fourth-order valence-electron chi connectivity index (χ4n) is 1.21. The predicted octanol–water partition coefficient (Wildman–Crippen LogP) is 0.925. The van der Waals surface area contributed by atoms with Crippen molar-refractivity contribution in [2.45, 2.75) is 6.92 Å². The van der Waals surface area contributed by atoms with E-state index in [0.717, 1.165) is 11.3 Å². The highest BCUT2D eigenvalue weighted by molar-refractivity contribution is 6.00. The molecule has 0 fully saturated rings. The number of para-hydroxylation sites is 1. The Balaban J connectivity index is 3.05. The molecule has 0 saturated carbocycles. The molecule has 76 valence electrons. The number of benzene rings is 1. The number of nitrogens with zero attached hydrogens (tertiary/aromatic N) is 1. The van der Waals surface area contributed by atoms with Gasteiger partial charge in [0, 0.05) is 7.05 Å². The molecular weight excluding hydrogens is 178 g/mol. The Morgan fingerprint density at radius 3 is 2.79 bits per heavy atom. The summed E-state index contributed by atoms with van der Waals surface area (Å²) in [5, 5.41) is 0. The van der Waals surface area contributed by atoms with E-state index < -0.39 is 0 Å². The number of hydrogen-bond donors (Lipinski definition) is 2. The highest BCUT2D eigenvalue weighted by atomic mass is 16.5. The number of aliphatic imine (C=N–C) groups is 1. The van der Waals surface area contributed by atoms with Crippen molar-refractivity contribution in [2.75, 3.05) is 13.7 Å². The molecule has 0 amide bonds. The second-order valence-electron chi connectivity index (χ2n) is 2.65. The molecule has 0 saturated heterocycles. The van der Waals surface area contributed by atoms with E-state index in [4.69, 9.17) is 10.6 Å². The maximum Gasteiger partial charge on any atom is 0.146 e. The minimum Gasteiger partial charge on any atom is -0.493 e. The first kappa shape index (κ1) is 10.5. The van der Waals surface area contributed by atoms with E-state index in [-0.39, 0.29) is 0 Å². The lowest BCUT2D eigenvalue weighted by Crippen LogP contribution is -2.31. The van der Waals surface area contributed by atoms with Crippen molar-refractivity contribution in [3.05, 3.63) is 29.8 Å². The zero-order chi connectivity index (χ0) is 10.4. The third kappa shape index (κ3) is 2.23. The summed E-state index contributed by atoms with van der Waals surface area (Å²) < 4.78 is 5.45. The van der Waals surface area contributed by atoms with Crippen molar-refractivity contribution < 1.29 is 4.74 Å². The maximum absolute atomic E-state index is 5.45. The van der Waals surface area contributed by atoms with Gasteiger partial charge in [0.15, 0.2) is 0 Å². The number of ether oxygens (including phenoxy) is 1. The van der Waals surface area contributed by atoms with Crippen molar-refractivity contribution in [3.8, 4) is 5.75 Å². The van der Waals surface area contributed by atoms with Gasteiger partial charge >= 0.3 is 0 Å². The van der Waals surface area contributed by atoms with Gasteiger partial charge in [-0.15, -0.1) is 0 Å². The van der Waals surface area contributed by atoms with E-state index in [1.165, 1.54) is 0 Å². The minimum atomic E-state index is 0.619. The fraction of sp³-hybridized carbons (Fsp3) is 0.300. The normalized spacial score (nSPS) is 11.2. The standard InChI is InChI=1S/C10H15N3O/c1-3-14-9-7-5-4-6-8(9)10(12-2)13-11/h4-7H,3,11H2,1-2H3,(H,12,13). The summed E-state index contributed by atoms with van der Waals surface area (Å²) in [7, 11) is 1.68. The average molecular weight is 193 g/mol. The van der Waals surface area contributed by atoms with E-state index in [2.05, 4.69) is 10.4 Å². The highest BCUT2D eigenvalue weighted by Gasteiger charge is 2.06. The largest absolute Gasteiger partial charge is 0.493 e. The van der Waals surface area contributed by atoms with Gasteiger partial charge in [0.1, 0.15) is 11.6 Å². The molecule has 0 aromatic heterocycles. The van der Waals surface area contributed by atoms with Crippen molar-refractivity contribution in [1.82, 2.24) is 5.43 Å². The van der Waals surface area contributed by atoms with Gasteiger partial charge in [-0.05, 0) is 19.1 Å². The summed E-state index contributed by atoms with van der Waals surface area (Å²) in [5.74, 6) is 6.75. The van der Waals surface area contributed by atoms with Gasteiger partial charge in [-0.2, -0.15) is 0 Å². The number of hydrazine groups is 1. The lowest BCUT2D eigenvalue weighted by atomic mass is 10.2. The van der Waals surface area contributed by atoms with E-state index in [1.807, 2.05) is 31.2 Å². The quantitative estimate of drug-likeness (QED) is 0.325. The molecule has 1 aromatic rings. The molecule has 1 rings (SSSR count). The topological polar surface area (TPSA) is 59.6 Å². The lowest BCUT2D eigenvalue weighted by Gasteiger charge is -2.10. The third-order valence-corrected chi connectivity index (χ3v) is 1.80. The zero-order valence-corrected chi connectivity index (χ0v) is 8.45. The number of nitrogens with two attached hydrogens (primary N) is 1. The number of amidine groups is 1. The minimum absolute atomic E-state index is 0.619. The molecule has 1 aromatic carbocycles. The first-order valence-electron chi connectivity index (χ1n) is 4.49. The summed E-state index contributed by atoms with van der Waals surface area (Å²) in [5.41, 5.74) is 3.41. The van der Waals surface area contributed by atoms with Crippen LogP contribution < -0.4 is 16.0 Å². The SMILES string of the molecule is CCOc1ccccc1C(=NC)NN. The Labute approximate surface area is 83.8 Å². The Bertz CT molecular complexity index is 323. The van der Waals surface area contributed by atoms with Crippen molar-refractivity contribution in [2.24, 2.45) is 10.8 Å². The monoisotopic (exact) mass is 193 g/mol. The molecule has 0 aliphatic rings. The molecule has 0 unspecified atom stereocenters. The Morgan fingerprint density at radius 2 is 2.21 bits per heavy atom. The molecule has 4 nitrogen and oxygen atoms in total. The molecule has 4 heteroatoms. The van der Waals surface area contributed by atoms with Crippen LogP contribution in [0.3, 0.4) is 0 Å². The Hall–Kier alpha value is -1.55. The summed E-state index contributed by atoms with van der Waals surface area (Å²) in [6.45, 7) is 2.56. The molecule has 0 aliphatic carbocycles. The first-order chi connectivity index (χ1) is 6.83. The number of hydrogen-bond acceptors (Lipinski definition) is 3. The highest BCUT2D eigenvalue weighted by Crippen LogP contribution is 2.17. The van der Waals surface area contributed by atoms with Crippen LogP contribution in [0.1, 0.15) is 12.5 Å². The van der Waals surface area contributed by atoms with Gasteiger partial charge < -0.3 is 10.2 Å². The predicted molar refractivity (Wildman–Crippen MR) is 57.4 cm³/mol. The van der Waals surface area contributed by atoms with Crippen molar-refractivity contribution >= 4 is 5.84 Å². The average Bonchev–Trinajstić information content (AvgIpc) is 2.23. The van der Waals surface area contributed by atoms with E-state index in [0.29, 0.717) is 12.4 Å². The van der Waals surface area contributed by atoms with Gasteiger partial charge in [0.05, 0.1) is 12.2 Å². The maximum atomic E-state index is 5.45. The second-order valence-corrected chi connectivity index (χ2v) is 2.65. The van der Waals surface area contributed by atoms with Crippen LogP contribution in [0.5, 0.6) is 5.75 Å². The van der Waals surface area contributed by atoms with Gasteiger partial charge in [0.2, 0.25) is 0 Å². The van der Waals surface area contributed by atoms with Crippen molar-refractivity contribution in [3.63, 3.8) is 0 Å². The fourth-order valence-corrected chi connectivity index (χ4v) is 1.21. The Kier molecular flexibility index (Phi) is 3.94. The van der Waals surface area contributed by atoms with Crippen LogP contribution in [0.2, 0.25) is 0 Å². The van der Waals surface area contributed by atoms with Crippen LogP contribution in [0.4, 0.5) is 0 Å². The summed E-state index contributed by atoms with van der Waals surface area (Å²) >= 11 is 0. The van der Waals surface area contributed by atoms with Crippen LogP contribution in [0.25, 0.3) is 0 Å². The molecular formula is C10H15N3O. The molecule has 0 atom stereocenters. The lowest BCUT2D eigenvalue weighted by molar-refractivity contribution is 0.339. The Morgan fingerprint density at radius 1 is 1.50 bits per heavy atom. The van der Waals surface area contributed by atoms with Gasteiger partial charge in [-0.25, -0.2) is 5.84 Å². The number of nitrogens with one attached hydrogen (secondary N) is 1. The molecule has 0 spiro atoms. The summed E-state index contributed by atoms with van der Waals surface area (Å²) in [6, 6.07) is 7.63. The smallest absolute Gasteiger partial charge is 0.146 e. The third-order valence-electron chi connectivity index (χ3n) is 1.80. The molecule has 0 heterocycles. The summed E-state index contributed by atoms with van der Waals surface area (Å²) in [6.07, 6.45) is 0. The molecule has 3 N–H and O–H groups in total. The summed E-state index contributed by atoms with van der Waals surface area (Å²) in [4.78, 5) is 4.02. The second kappa shape index (κ2) is 5.24.